The fourth-order valence-corrected chi connectivity index (χ4v) is 3.09. The number of hydrogen-bond donors (Lipinski definition) is 1. The minimum atomic E-state index is -0.416. The largest absolute Gasteiger partial charge is 0.494 e. The zero-order valence-electron chi connectivity index (χ0n) is 16.9. The third-order valence-corrected chi connectivity index (χ3v) is 4.33. The van der Waals surface area contributed by atoms with E-state index in [2.05, 4.69) is 10.4 Å². The lowest BCUT2D eigenvalue weighted by atomic mass is 10.1. The van der Waals surface area contributed by atoms with Crippen LogP contribution in [0.3, 0.4) is 0 Å². The zero-order chi connectivity index (χ0) is 20.8. The average molecular weight is 395 g/mol. The van der Waals surface area contributed by atoms with Crippen molar-refractivity contribution < 1.29 is 14.3 Å². The lowest BCUT2D eigenvalue weighted by molar-refractivity contribution is 0.102. The van der Waals surface area contributed by atoms with Crippen molar-refractivity contribution in [1.29, 1.82) is 0 Å². The van der Waals surface area contributed by atoms with E-state index in [1.54, 1.807) is 42.5 Å². The Bertz CT molecular complexity index is 1080. The Balaban J connectivity index is 2.05. The van der Waals surface area contributed by atoms with Gasteiger partial charge in [0.2, 0.25) is 0 Å². The molecule has 1 amide bonds. The van der Waals surface area contributed by atoms with Gasteiger partial charge >= 0.3 is 0 Å². The number of aryl methyl sites for hydroxylation is 1. The number of amides is 1. The number of aromatic nitrogens is 2. The van der Waals surface area contributed by atoms with E-state index in [-0.39, 0.29) is 11.3 Å². The Hall–Kier alpha value is -3.35. The van der Waals surface area contributed by atoms with Gasteiger partial charge in [-0.2, -0.15) is 5.10 Å². The van der Waals surface area contributed by atoms with E-state index in [9.17, 15) is 9.59 Å². The van der Waals surface area contributed by atoms with Gasteiger partial charge in [-0.15, -0.1) is 0 Å². The number of fused-ring (bicyclic) bond motifs is 1. The van der Waals surface area contributed by atoms with Gasteiger partial charge in [0, 0.05) is 18.0 Å². The molecule has 29 heavy (non-hydrogen) atoms. The lowest BCUT2D eigenvalue weighted by Crippen LogP contribution is -2.27. The summed E-state index contributed by atoms with van der Waals surface area (Å²) in [4.78, 5) is 25.8. The lowest BCUT2D eigenvalue weighted by Gasteiger charge is -2.14. The van der Waals surface area contributed by atoms with Gasteiger partial charge in [0.05, 0.1) is 24.3 Å². The first-order valence-electron chi connectivity index (χ1n) is 9.79. The molecule has 0 aliphatic carbocycles. The molecule has 0 unspecified atom stereocenters. The third kappa shape index (κ3) is 4.39. The first kappa shape index (κ1) is 20.4. The molecule has 0 spiro atoms. The van der Waals surface area contributed by atoms with Gasteiger partial charge in [-0.3, -0.25) is 9.59 Å². The number of nitrogens with one attached hydrogen (secondary N) is 1. The minimum absolute atomic E-state index is 0.193. The van der Waals surface area contributed by atoms with Crippen LogP contribution in [0, 0.1) is 0 Å². The molecule has 7 heteroatoms. The molecule has 1 heterocycles. The van der Waals surface area contributed by atoms with Crippen LogP contribution in [0.5, 0.6) is 11.5 Å². The molecule has 0 saturated heterocycles. The first-order chi connectivity index (χ1) is 14.1. The first-order valence-corrected chi connectivity index (χ1v) is 9.79. The number of hydrogen-bond acceptors (Lipinski definition) is 5. The van der Waals surface area contributed by atoms with E-state index >= 15 is 0 Å². The van der Waals surface area contributed by atoms with Crippen LogP contribution in [0.25, 0.3) is 10.8 Å². The van der Waals surface area contributed by atoms with Crippen LogP contribution in [-0.4, -0.2) is 28.9 Å². The molecule has 3 aromatic rings. The van der Waals surface area contributed by atoms with Gasteiger partial charge in [-0.1, -0.05) is 25.1 Å². The SMILES string of the molecule is CCCn1nc(C(=O)Nc2cc(OCC)ccc2OCC)c2ccccc2c1=O. The third-order valence-electron chi connectivity index (χ3n) is 4.33. The van der Waals surface area contributed by atoms with E-state index in [1.165, 1.54) is 4.68 Å². The molecule has 0 radical (unpaired) electrons. The van der Waals surface area contributed by atoms with Crippen LogP contribution in [0.1, 0.15) is 37.7 Å². The van der Waals surface area contributed by atoms with Crippen LogP contribution in [0.15, 0.2) is 47.3 Å². The molecule has 0 fully saturated rings. The molecule has 7 nitrogen and oxygen atoms in total. The highest BCUT2D eigenvalue weighted by molar-refractivity contribution is 6.11. The summed E-state index contributed by atoms with van der Waals surface area (Å²) in [6.45, 7) is 7.12. The Kier molecular flexibility index (Phi) is 6.49. The standard InChI is InChI=1S/C22H25N3O4/c1-4-13-25-22(27)17-10-8-7-9-16(17)20(24-25)21(26)23-18-14-15(28-5-2)11-12-19(18)29-6-3/h7-12,14H,4-6,13H2,1-3H3,(H,23,26). The van der Waals surface area contributed by atoms with Crippen LogP contribution in [0.4, 0.5) is 5.69 Å². The number of ether oxygens (including phenoxy) is 2. The fourth-order valence-electron chi connectivity index (χ4n) is 3.09. The van der Waals surface area contributed by atoms with Crippen molar-refractivity contribution in [2.45, 2.75) is 33.7 Å². The maximum Gasteiger partial charge on any atom is 0.276 e. The van der Waals surface area contributed by atoms with Crippen molar-refractivity contribution in [3.05, 3.63) is 58.5 Å². The minimum Gasteiger partial charge on any atom is -0.494 e. The van der Waals surface area contributed by atoms with Gasteiger partial charge in [0.1, 0.15) is 11.5 Å². The molecule has 152 valence electrons. The van der Waals surface area contributed by atoms with Gasteiger partial charge in [-0.05, 0) is 38.5 Å². The number of nitrogens with zero attached hydrogens (tertiary/aromatic N) is 2. The second kappa shape index (κ2) is 9.23. The average Bonchev–Trinajstić information content (AvgIpc) is 2.72. The van der Waals surface area contributed by atoms with Crippen molar-refractivity contribution >= 4 is 22.4 Å². The van der Waals surface area contributed by atoms with E-state index < -0.39 is 5.91 Å². The topological polar surface area (TPSA) is 82.5 Å². The summed E-state index contributed by atoms with van der Waals surface area (Å²) in [5.74, 6) is 0.746. The predicted molar refractivity (Wildman–Crippen MR) is 113 cm³/mol. The summed E-state index contributed by atoms with van der Waals surface area (Å²) in [5.41, 5.74) is 0.479. The van der Waals surface area contributed by atoms with Crippen molar-refractivity contribution in [2.24, 2.45) is 0 Å². The van der Waals surface area contributed by atoms with Crippen molar-refractivity contribution in [1.82, 2.24) is 9.78 Å². The summed E-state index contributed by atoms with van der Waals surface area (Å²) < 4.78 is 12.5. The molecule has 0 bridgehead atoms. The monoisotopic (exact) mass is 395 g/mol. The Morgan fingerprint density at radius 2 is 1.76 bits per heavy atom. The molecule has 0 atom stereocenters. The van der Waals surface area contributed by atoms with Crippen LogP contribution < -0.4 is 20.3 Å². The molecule has 0 aliphatic heterocycles. The smallest absolute Gasteiger partial charge is 0.276 e. The van der Waals surface area contributed by atoms with E-state index in [0.29, 0.717) is 47.7 Å². The Morgan fingerprint density at radius 1 is 1.03 bits per heavy atom. The second-order valence-electron chi connectivity index (χ2n) is 6.40. The highest BCUT2D eigenvalue weighted by Crippen LogP contribution is 2.30. The van der Waals surface area contributed by atoms with E-state index in [1.807, 2.05) is 20.8 Å². The van der Waals surface area contributed by atoms with Crippen molar-refractivity contribution in [2.75, 3.05) is 18.5 Å². The van der Waals surface area contributed by atoms with Crippen molar-refractivity contribution in [3.63, 3.8) is 0 Å². The maximum absolute atomic E-state index is 13.1. The quantitative estimate of drug-likeness (QED) is 0.626. The van der Waals surface area contributed by atoms with Crippen LogP contribution >= 0.6 is 0 Å². The summed E-state index contributed by atoms with van der Waals surface area (Å²) in [6, 6.07) is 12.3. The zero-order valence-corrected chi connectivity index (χ0v) is 16.9. The highest BCUT2D eigenvalue weighted by Gasteiger charge is 2.18. The van der Waals surface area contributed by atoms with Crippen LogP contribution in [-0.2, 0) is 6.54 Å². The van der Waals surface area contributed by atoms with E-state index in [0.717, 1.165) is 6.42 Å². The molecular weight excluding hydrogens is 370 g/mol. The highest BCUT2D eigenvalue weighted by atomic mass is 16.5. The Morgan fingerprint density at radius 3 is 2.45 bits per heavy atom. The molecule has 2 aromatic carbocycles. The van der Waals surface area contributed by atoms with Gasteiger partial charge in [0.15, 0.2) is 5.69 Å². The molecule has 3 rings (SSSR count). The maximum atomic E-state index is 13.1. The second-order valence-corrected chi connectivity index (χ2v) is 6.40. The number of carbonyl (C=O) groups is 1. The van der Waals surface area contributed by atoms with Gasteiger partial charge in [0.25, 0.3) is 11.5 Å². The normalized spacial score (nSPS) is 10.7. The summed E-state index contributed by atoms with van der Waals surface area (Å²) in [5, 5.41) is 8.19. The molecule has 1 N–H and O–H groups in total. The summed E-state index contributed by atoms with van der Waals surface area (Å²) in [6.07, 6.45) is 0.733. The predicted octanol–water partition coefficient (Wildman–Crippen LogP) is 3.86. The number of carbonyl (C=O) groups excluding carboxylic acids is 1. The summed E-state index contributed by atoms with van der Waals surface area (Å²) in [7, 11) is 0. The van der Waals surface area contributed by atoms with Crippen molar-refractivity contribution in [3.8, 4) is 11.5 Å². The van der Waals surface area contributed by atoms with E-state index in [4.69, 9.17) is 9.47 Å². The van der Waals surface area contributed by atoms with Gasteiger partial charge < -0.3 is 14.8 Å². The molecule has 0 aliphatic rings. The number of benzene rings is 2. The molecule has 0 saturated carbocycles. The summed E-state index contributed by atoms with van der Waals surface area (Å²) >= 11 is 0. The number of rotatable bonds is 8. The Labute approximate surface area is 169 Å². The van der Waals surface area contributed by atoms with Crippen LogP contribution in [0.2, 0.25) is 0 Å². The number of anilines is 1. The molecule has 1 aromatic heterocycles. The van der Waals surface area contributed by atoms with Gasteiger partial charge in [-0.25, -0.2) is 4.68 Å². The molecular formula is C22H25N3O4. The fraction of sp³-hybridized carbons (Fsp3) is 0.318.